The van der Waals surface area contributed by atoms with Crippen LogP contribution in [-0.2, 0) is 16.2 Å². The van der Waals surface area contributed by atoms with Crippen molar-refractivity contribution in [3.8, 4) is 0 Å². The van der Waals surface area contributed by atoms with Crippen LogP contribution in [0.1, 0.15) is 15.9 Å². The molecule has 1 aromatic carbocycles. The van der Waals surface area contributed by atoms with Gasteiger partial charge in [-0.05, 0) is 30.3 Å². The molecule has 1 fully saturated rings. The number of sulfonamides is 1. The maximum absolute atomic E-state index is 13.0. The minimum absolute atomic E-state index is 0.0641. The summed E-state index contributed by atoms with van der Waals surface area (Å²) in [5.41, 5.74) is -0.800. The molecule has 1 aliphatic rings. The topological polar surface area (TPSA) is 70.6 Å². The van der Waals surface area contributed by atoms with Crippen LogP contribution in [0.25, 0.3) is 0 Å². The molecule has 0 atom stereocenters. The highest BCUT2D eigenvalue weighted by Crippen LogP contribution is 2.34. The van der Waals surface area contributed by atoms with Gasteiger partial charge < -0.3 is 4.90 Å². The van der Waals surface area contributed by atoms with E-state index in [0.29, 0.717) is 11.6 Å². The van der Waals surface area contributed by atoms with Crippen LogP contribution in [0.3, 0.4) is 0 Å². The summed E-state index contributed by atoms with van der Waals surface area (Å²) in [6.45, 7) is -0.0396. The van der Waals surface area contributed by atoms with Crippen molar-refractivity contribution in [2.24, 2.45) is 0 Å². The van der Waals surface area contributed by atoms with Gasteiger partial charge in [-0.25, -0.2) is 13.4 Å². The molecule has 0 bridgehead atoms. The van der Waals surface area contributed by atoms with Crippen molar-refractivity contribution in [2.75, 3.05) is 26.2 Å². The third-order valence-corrected chi connectivity index (χ3v) is 6.96. The van der Waals surface area contributed by atoms with Gasteiger partial charge in [0, 0.05) is 37.9 Å². The van der Waals surface area contributed by atoms with Crippen molar-refractivity contribution in [1.82, 2.24) is 14.2 Å². The number of aromatic nitrogens is 1. The van der Waals surface area contributed by atoms with Crippen LogP contribution < -0.4 is 0 Å². The Bertz CT molecular complexity index is 1040. The molecule has 0 saturated carbocycles. The molecule has 29 heavy (non-hydrogen) atoms. The van der Waals surface area contributed by atoms with Crippen LogP contribution in [0.4, 0.5) is 13.2 Å². The van der Waals surface area contributed by atoms with Crippen LogP contribution in [-0.4, -0.2) is 54.7 Å². The normalized spacial score (nSPS) is 16.1. The third-order valence-electron chi connectivity index (χ3n) is 4.38. The first-order chi connectivity index (χ1) is 13.5. The molecule has 1 aromatic heterocycles. The van der Waals surface area contributed by atoms with E-state index in [1.54, 1.807) is 0 Å². The minimum atomic E-state index is -4.70. The zero-order chi connectivity index (χ0) is 21.4. The minimum Gasteiger partial charge on any atom is -0.336 e. The van der Waals surface area contributed by atoms with Crippen molar-refractivity contribution < 1.29 is 26.4 Å². The van der Waals surface area contributed by atoms with Crippen molar-refractivity contribution in [1.29, 1.82) is 0 Å². The van der Waals surface area contributed by atoms with Gasteiger partial charge in [-0.15, -0.1) is 0 Å². The van der Waals surface area contributed by atoms with E-state index in [1.807, 2.05) is 0 Å². The highest BCUT2D eigenvalue weighted by atomic mass is 35.5. The van der Waals surface area contributed by atoms with Crippen molar-refractivity contribution in [3.05, 3.63) is 57.8 Å². The lowest BCUT2D eigenvalue weighted by Crippen LogP contribution is -2.50. The maximum atomic E-state index is 13.0. The van der Waals surface area contributed by atoms with Crippen molar-refractivity contribution in [3.63, 3.8) is 0 Å². The van der Waals surface area contributed by atoms with Gasteiger partial charge in [0.25, 0.3) is 5.91 Å². The quantitative estimate of drug-likeness (QED) is 0.647. The van der Waals surface area contributed by atoms with E-state index in [2.05, 4.69) is 4.98 Å². The van der Waals surface area contributed by atoms with Crippen LogP contribution in [0.15, 0.2) is 41.4 Å². The second kappa shape index (κ2) is 8.10. The van der Waals surface area contributed by atoms with E-state index in [4.69, 9.17) is 23.2 Å². The van der Waals surface area contributed by atoms with Gasteiger partial charge in [-0.2, -0.15) is 17.5 Å². The summed E-state index contributed by atoms with van der Waals surface area (Å²) < 4.78 is 65.5. The van der Waals surface area contributed by atoms with Gasteiger partial charge in [-0.3, -0.25) is 4.79 Å². The van der Waals surface area contributed by atoms with Crippen LogP contribution in [0, 0.1) is 0 Å². The highest BCUT2D eigenvalue weighted by molar-refractivity contribution is 7.89. The largest absolute Gasteiger partial charge is 0.416 e. The van der Waals surface area contributed by atoms with Gasteiger partial charge in [0.05, 0.1) is 10.6 Å². The summed E-state index contributed by atoms with van der Waals surface area (Å²) >= 11 is 11.6. The number of hydrogen-bond donors (Lipinski definition) is 0. The Hall–Kier alpha value is -1.88. The molecule has 0 aliphatic carbocycles. The summed E-state index contributed by atoms with van der Waals surface area (Å²) in [5.74, 6) is -0.344. The lowest BCUT2D eigenvalue weighted by molar-refractivity contribution is -0.137. The fourth-order valence-electron chi connectivity index (χ4n) is 2.87. The number of carbonyl (C=O) groups excluding carboxylic acids is 1. The van der Waals surface area contributed by atoms with E-state index in [-0.39, 0.29) is 42.3 Å². The van der Waals surface area contributed by atoms with Gasteiger partial charge in [0.1, 0.15) is 10.0 Å². The second-order valence-corrected chi connectivity index (χ2v) is 8.91. The van der Waals surface area contributed by atoms with Crippen LogP contribution >= 0.6 is 23.2 Å². The van der Waals surface area contributed by atoms with Gasteiger partial charge in [-0.1, -0.05) is 23.2 Å². The zero-order valence-corrected chi connectivity index (χ0v) is 17.0. The third kappa shape index (κ3) is 4.66. The number of pyridine rings is 1. The predicted molar refractivity (Wildman–Crippen MR) is 100 cm³/mol. The molecule has 0 spiro atoms. The fraction of sp³-hybridized carbons (Fsp3) is 0.294. The molecule has 2 heterocycles. The van der Waals surface area contributed by atoms with Gasteiger partial charge in [0.15, 0.2) is 0 Å². The molecule has 2 aromatic rings. The standard InChI is InChI=1S/C17H14Cl2F3N3O3S/c18-13-2-1-12(17(20,21)22)10-14(13)29(27,28)25-7-5-24(6-8-25)16(26)11-3-4-23-15(19)9-11/h1-4,9-10H,5-8H2. The molecule has 0 radical (unpaired) electrons. The highest BCUT2D eigenvalue weighted by Gasteiger charge is 2.36. The predicted octanol–water partition coefficient (Wildman–Crippen LogP) is 3.55. The second-order valence-electron chi connectivity index (χ2n) is 6.21. The number of piperazine rings is 1. The number of carbonyl (C=O) groups is 1. The summed E-state index contributed by atoms with van der Waals surface area (Å²) in [6, 6.07) is 5.03. The van der Waals surface area contributed by atoms with Gasteiger partial charge in [0.2, 0.25) is 10.0 Å². The van der Waals surface area contributed by atoms with Crippen molar-refractivity contribution in [2.45, 2.75) is 11.1 Å². The molecule has 0 N–H and O–H groups in total. The SMILES string of the molecule is O=C(c1ccnc(Cl)c1)N1CCN(S(=O)(=O)c2cc(C(F)(F)F)ccc2Cl)CC1. The van der Waals surface area contributed by atoms with E-state index in [1.165, 1.54) is 23.2 Å². The molecule has 12 heteroatoms. The lowest BCUT2D eigenvalue weighted by Gasteiger charge is -2.34. The summed E-state index contributed by atoms with van der Waals surface area (Å²) in [4.78, 5) is 17.1. The first kappa shape index (κ1) is 21.8. The molecule has 0 unspecified atom stereocenters. The smallest absolute Gasteiger partial charge is 0.336 e. The number of halogens is 5. The lowest BCUT2D eigenvalue weighted by atomic mass is 10.2. The average molecular weight is 468 g/mol. The maximum Gasteiger partial charge on any atom is 0.416 e. The summed E-state index contributed by atoms with van der Waals surface area (Å²) in [5, 5.41) is -0.154. The van der Waals surface area contributed by atoms with Crippen LogP contribution in [0.2, 0.25) is 10.2 Å². The van der Waals surface area contributed by atoms with E-state index < -0.39 is 26.7 Å². The number of benzene rings is 1. The molecule has 1 saturated heterocycles. The first-order valence-corrected chi connectivity index (χ1v) is 10.5. The van der Waals surface area contributed by atoms with E-state index in [0.717, 1.165) is 16.4 Å². The molecule has 1 aliphatic heterocycles. The summed E-state index contributed by atoms with van der Waals surface area (Å²) in [7, 11) is -4.26. The van der Waals surface area contributed by atoms with E-state index >= 15 is 0 Å². The molecule has 3 rings (SSSR count). The molecule has 156 valence electrons. The molecule has 1 amide bonds. The monoisotopic (exact) mass is 467 g/mol. The molecular formula is C17H14Cl2F3N3O3S. The zero-order valence-electron chi connectivity index (χ0n) is 14.7. The van der Waals surface area contributed by atoms with Gasteiger partial charge >= 0.3 is 6.18 Å². The number of rotatable bonds is 3. The number of amides is 1. The Morgan fingerprint density at radius 1 is 1.03 bits per heavy atom. The Kier molecular flexibility index (Phi) is 6.09. The van der Waals surface area contributed by atoms with E-state index in [9.17, 15) is 26.4 Å². The number of alkyl halides is 3. The summed E-state index contributed by atoms with van der Waals surface area (Å²) in [6.07, 6.45) is -3.32. The number of nitrogens with zero attached hydrogens (tertiary/aromatic N) is 3. The van der Waals surface area contributed by atoms with Crippen molar-refractivity contribution >= 4 is 39.1 Å². The fourth-order valence-corrected chi connectivity index (χ4v) is 4.96. The Morgan fingerprint density at radius 3 is 2.28 bits per heavy atom. The molecular weight excluding hydrogens is 454 g/mol. The Labute approximate surface area is 174 Å². The average Bonchev–Trinajstić information content (AvgIpc) is 2.67. The Balaban J connectivity index is 1.77. The Morgan fingerprint density at radius 2 is 1.69 bits per heavy atom. The first-order valence-electron chi connectivity index (χ1n) is 8.28. The number of hydrogen-bond acceptors (Lipinski definition) is 4. The van der Waals surface area contributed by atoms with Crippen LogP contribution in [0.5, 0.6) is 0 Å². The molecule has 6 nitrogen and oxygen atoms in total.